The van der Waals surface area contributed by atoms with Crippen LogP contribution in [0.2, 0.25) is 0 Å². The second kappa shape index (κ2) is 1.18. The Morgan fingerprint density at radius 3 is 2.44 bits per heavy atom. The lowest BCUT2D eigenvalue weighted by atomic mass is 10.3. The predicted octanol–water partition coefficient (Wildman–Crippen LogP) is -0.0801. The van der Waals surface area contributed by atoms with Crippen LogP contribution < -0.4 is 0 Å². The molecule has 2 atom stereocenters. The van der Waals surface area contributed by atoms with E-state index in [9.17, 15) is 8.42 Å². The van der Waals surface area contributed by atoms with Gasteiger partial charge in [0.15, 0.2) is 14.8 Å². The molecular formula is C5H8O3S. The van der Waals surface area contributed by atoms with Crippen molar-refractivity contribution in [3.05, 3.63) is 0 Å². The van der Waals surface area contributed by atoms with E-state index in [4.69, 9.17) is 4.74 Å². The van der Waals surface area contributed by atoms with E-state index in [1.54, 1.807) is 6.92 Å². The summed E-state index contributed by atoms with van der Waals surface area (Å²) in [5.41, 5.74) is 0. The molecule has 0 N–H and O–H groups in total. The van der Waals surface area contributed by atoms with Gasteiger partial charge >= 0.3 is 0 Å². The lowest BCUT2D eigenvalue weighted by Gasteiger charge is -1.98. The molecule has 2 saturated heterocycles. The molecule has 2 aliphatic rings. The average molecular weight is 148 g/mol. The topological polar surface area (TPSA) is 46.7 Å². The van der Waals surface area contributed by atoms with Crippen LogP contribution in [-0.4, -0.2) is 25.2 Å². The highest BCUT2D eigenvalue weighted by atomic mass is 32.2. The van der Waals surface area contributed by atoms with E-state index in [1.807, 2.05) is 0 Å². The standard InChI is InChI=1S/C5H8O3S/c1-5-4(8-5)2-3-9(5,6)7/h4H,2-3H2,1H3/t4-,5+/m0/s1. The Hall–Kier alpha value is -0.0900. The predicted molar refractivity (Wildman–Crippen MR) is 31.7 cm³/mol. The first-order valence-electron chi connectivity index (χ1n) is 2.96. The molecule has 4 heteroatoms. The van der Waals surface area contributed by atoms with Crippen LogP contribution in [0.4, 0.5) is 0 Å². The van der Waals surface area contributed by atoms with Crippen LogP contribution >= 0.6 is 0 Å². The van der Waals surface area contributed by atoms with Crippen molar-refractivity contribution >= 4 is 9.84 Å². The summed E-state index contributed by atoms with van der Waals surface area (Å²) in [7, 11) is -2.87. The molecule has 2 fully saturated rings. The third kappa shape index (κ3) is 0.483. The fourth-order valence-corrected chi connectivity index (χ4v) is 3.02. The molecule has 0 bridgehead atoms. The van der Waals surface area contributed by atoms with Crippen LogP contribution in [0.25, 0.3) is 0 Å². The molecule has 0 saturated carbocycles. The molecule has 0 aliphatic carbocycles. The second-order valence-corrected chi connectivity index (χ2v) is 5.18. The molecule has 0 radical (unpaired) electrons. The quantitative estimate of drug-likeness (QED) is 0.451. The SMILES string of the molecule is C[C@]12O[C@H]1CCS2(=O)=O. The third-order valence-electron chi connectivity index (χ3n) is 2.17. The molecule has 0 spiro atoms. The summed E-state index contributed by atoms with van der Waals surface area (Å²) in [6.45, 7) is 1.65. The molecule has 0 aromatic rings. The minimum atomic E-state index is -2.87. The van der Waals surface area contributed by atoms with E-state index in [1.165, 1.54) is 0 Å². The number of rotatable bonds is 0. The minimum absolute atomic E-state index is 0.0162. The van der Waals surface area contributed by atoms with E-state index >= 15 is 0 Å². The summed E-state index contributed by atoms with van der Waals surface area (Å²) >= 11 is 0. The summed E-state index contributed by atoms with van der Waals surface area (Å²) in [4.78, 5) is -0.771. The van der Waals surface area contributed by atoms with Crippen molar-refractivity contribution in [1.29, 1.82) is 0 Å². The number of ether oxygens (including phenoxy) is 1. The number of hydrogen-bond donors (Lipinski definition) is 0. The van der Waals surface area contributed by atoms with Gasteiger partial charge in [-0.05, 0) is 13.3 Å². The molecule has 0 aromatic heterocycles. The highest BCUT2D eigenvalue weighted by molar-refractivity contribution is 7.93. The molecule has 0 aromatic carbocycles. The maximum atomic E-state index is 11.0. The molecule has 2 aliphatic heterocycles. The fraction of sp³-hybridized carbons (Fsp3) is 1.00. The van der Waals surface area contributed by atoms with Gasteiger partial charge in [0.25, 0.3) is 0 Å². The maximum absolute atomic E-state index is 11.0. The highest BCUT2D eigenvalue weighted by Crippen LogP contribution is 2.49. The van der Waals surface area contributed by atoms with Gasteiger partial charge in [-0.1, -0.05) is 0 Å². The molecule has 9 heavy (non-hydrogen) atoms. The van der Waals surface area contributed by atoms with Gasteiger partial charge < -0.3 is 4.74 Å². The van der Waals surface area contributed by atoms with Gasteiger partial charge in [0.05, 0.1) is 5.75 Å². The van der Waals surface area contributed by atoms with Crippen LogP contribution in [0, 0.1) is 0 Å². The number of sulfone groups is 1. The molecule has 52 valence electrons. The second-order valence-electron chi connectivity index (χ2n) is 2.73. The highest BCUT2D eigenvalue weighted by Gasteiger charge is 2.66. The van der Waals surface area contributed by atoms with Crippen molar-refractivity contribution in [3.63, 3.8) is 0 Å². The Kier molecular flexibility index (Phi) is 0.743. The minimum Gasteiger partial charge on any atom is -0.349 e. The summed E-state index contributed by atoms with van der Waals surface area (Å²) in [6, 6.07) is 0. The first-order chi connectivity index (χ1) is 4.06. The van der Waals surface area contributed by atoms with Crippen LogP contribution in [0.3, 0.4) is 0 Å². The van der Waals surface area contributed by atoms with E-state index in [2.05, 4.69) is 0 Å². The van der Waals surface area contributed by atoms with Crippen LogP contribution in [0.5, 0.6) is 0 Å². The number of epoxide rings is 1. The van der Waals surface area contributed by atoms with E-state index in [0.29, 0.717) is 12.2 Å². The van der Waals surface area contributed by atoms with Gasteiger partial charge in [0, 0.05) is 0 Å². The van der Waals surface area contributed by atoms with Crippen molar-refractivity contribution in [2.24, 2.45) is 0 Å². The molecule has 2 heterocycles. The van der Waals surface area contributed by atoms with E-state index < -0.39 is 14.8 Å². The monoisotopic (exact) mass is 148 g/mol. The van der Waals surface area contributed by atoms with Gasteiger partial charge in [-0.3, -0.25) is 0 Å². The van der Waals surface area contributed by atoms with Crippen molar-refractivity contribution in [3.8, 4) is 0 Å². The normalized spacial score (nSPS) is 52.8. The average Bonchev–Trinajstić information content (AvgIpc) is 2.34. The summed E-state index contributed by atoms with van der Waals surface area (Å²) in [5.74, 6) is 0.314. The smallest absolute Gasteiger partial charge is 0.192 e. The lowest BCUT2D eigenvalue weighted by Crippen LogP contribution is -2.18. The number of fused-ring (bicyclic) bond motifs is 1. The van der Waals surface area contributed by atoms with E-state index in [-0.39, 0.29) is 6.10 Å². The first kappa shape index (κ1) is 5.68. The maximum Gasteiger partial charge on any atom is 0.192 e. The fourth-order valence-electron chi connectivity index (χ4n) is 1.31. The Balaban J connectivity index is 2.51. The van der Waals surface area contributed by atoms with Gasteiger partial charge in [-0.15, -0.1) is 0 Å². The van der Waals surface area contributed by atoms with Crippen molar-refractivity contribution in [1.82, 2.24) is 0 Å². The summed E-state index contributed by atoms with van der Waals surface area (Å²) < 4.78 is 27.0. The molecule has 2 rings (SSSR count). The first-order valence-corrected chi connectivity index (χ1v) is 4.62. The zero-order chi connectivity index (χ0) is 6.70. The van der Waals surface area contributed by atoms with Crippen LogP contribution in [0.15, 0.2) is 0 Å². The summed E-state index contributed by atoms with van der Waals surface area (Å²) in [6.07, 6.45) is 0.709. The molecule has 0 amide bonds. The van der Waals surface area contributed by atoms with E-state index in [0.717, 1.165) is 0 Å². The van der Waals surface area contributed by atoms with Crippen molar-refractivity contribution in [2.75, 3.05) is 5.75 Å². The Morgan fingerprint density at radius 2 is 2.33 bits per heavy atom. The van der Waals surface area contributed by atoms with Crippen molar-refractivity contribution in [2.45, 2.75) is 24.4 Å². The Morgan fingerprint density at radius 1 is 1.67 bits per heavy atom. The van der Waals surface area contributed by atoms with Gasteiger partial charge in [-0.2, -0.15) is 0 Å². The molecular weight excluding hydrogens is 140 g/mol. The third-order valence-corrected chi connectivity index (χ3v) is 4.54. The zero-order valence-electron chi connectivity index (χ0n) is 5.12. The molecule has 0 unspecified atom stereocenters. The van der Waals surface area contributed by atoms with Crippen LogP contribution in [-0.2, 0) is 14.6 Å². The largest absolute Gasteiger partial charge is 0.349 e. The molecule has 3 nitrogen and oxygen atoms in total. The number of hydrogen-bond acceptors (Lipinski definition) is 3. The van der Waals surface area contributed by atoms with Gasteiger partial charge in [-0.25, -0.2) is 8.42 Å². The lowest BCUT2D eigenvalue weighted by molar-refractivity contribution is 0.341. The van der Waals surface area contributed by atoms with Crippen molar-refractivity contribution < 1.29 is 13.2 Å². The Bertz CT molecular complexity index is 241. The Labute approximate surface area is 53.9 Å². The van der Waals surface area contributed by atoms with Crippen LogP contribution in [0.1, 0.15) is 13.3 Å². The zero-order valence-corrected chi connectivity index (χ0v) is 5.94. The van der Waals surface area contributed by atoms with Gasteiger partial charge in [0.2, 0.25) is 0 Å². The summed E-state index contributed by atoms with van der Waals surface area (Å²) in [5, 5.41) is 0. The van der Waals surface area contributed by atoms with Gasteiger partial charge in [0.1, 0.15) is 6.10 Å².